The summed E-state index contributed by atoms with van der Waals surface area (Å²) in [6.07, 6.45) is 0.490. The van der Waals surface area contributed by atoms with Crippen LogP contribution in [0, 0.1) is 0 Å². The van der Waals surface area contributed by atoms with Crippen LogP contribution in [-0.4, -0.2) is 41.2 Å². The molecule has 0 spiro atoms. The van der Waals surface area contributed by atoms with Gasteiger partial charge in [0.1, 0.15) is 17.1 Å². The van der Waals surface area contributed by atoms with E-state index in [1.165, 1.54) is 10.6 Å². The molecule has 1 heterocycles. The van der Waals surface area contributed by atoms with Gasteiger partial charge in [-0.25, -0.2) is 9.59 Å². The molecule has 0 aliphatic carbocycles. The molecule has 2 aromatic carbocycles. The van der Waals surface area contributed by atoms with Crippen molar-refractivity contribution in [3.63, 3.8) is 0 Å². The summed E-state index contributed by atoms with van der Waals surface area (Å²) < 4.78 is 11.8. The Labute approximate surface area is 201 Å². The van der Waals surface area contributed by atoms with Crippen LogP contribution in [0.25, 0.3) is 0 Å². The summed E-state index contributed by atoms with van der Waals surface area (Å²) in [5.74, 6) is -1.21. The number of nitrogens with one attached hydrogen (secondary N) is 1. The number of amides is 1. The number of benzene rings is 2. The fourth-order valence-corrected chi connectivity index (χ4v) is 3.55. The highest BCUT2D eigenvalue weighted by Crippen LogP contribution is 2.21. The van der Waals surface area contributed by atoms with Crippen LogP contribution in [-0.2, 0) is 16.1 Å². The van der Waals surface area contributed by atoms with E-state index in [-0.39, 0.29) is 30.2 Å². The fourth-order valence-electron chi connectivity index (χ4n) is 3.55. The summed E-state index contributed by atoms with van der Waals surface area (Å²) in [7, 11) is 0. The topological polar surface area (TPSA) is 137 Å². The second kappa shape index (κ2) is 11.7. The first-order valence-electron chi connectivity index (χ1n) is 11.2. The zero-order valence-electron chi connectivity index (χ0n) is 19.7. The number of nitrogen functional groups attached to an aromatic ring is 1. The third-order valence-electron chi connectivity index (χ3n) is 5.15. The molecule has 0 unspecified atom stereocenters. The molecule has 0 radical (unpaired) electrons. The number of H-pyrrole nitrogens is 1. The van der Waals surface area contributed by atoms with Gasteiger partial charge in [-0.05, 0) is 31.0 Å². The molecule has 35 heavy (non-hydrogen) atoms. The van der Waals surface area contributed by atoms with Gasteiger partial charge < -0.3 is 20.1 Å². The Morgan fingerprint density at radius 1 is 1.03 bits per heavy atom. The van der Waals surface area contributed by atoms with Crippen molar-refractivity contribution in [1.82, 2.24) is 9.55 Å². The largest absolute Gasteiger partial charge is 0.493 e. The second-order valence-electron chi connectivity index (χ2n) is 7.62. The number of aromatic amines is 1. The van der Waals surface area contributed by atoms with E-state index in [1.807, 2.05) is 37.3 Å². The number of rotatable bonds is 10. The molecule has 10 nitrogen and oxygen atoms in total. The summed E-state index contributed by atoms with van der Waals surface area (Å²) in [5, 5.41) is 0. The Balaban J connectivity index is 1.87. The molecule has 1 amide bonds. The van der Waals surface area contributed by atoms with Crippen LogP contribution >= 0.6 is 0 Å². The van der Waals surface area contributed by atoms with Gasteiger partial charge in [-0.2, -0.15) is 0 Å². The third kappa shape index (κ3) is 5.97. The zero-order chi connectivity index (χ0) is 25.4. The van der Waals surface area contributed by atoms with Gasteiger partial charge in [0.15, 0.2) is 12.3 Å². The van der Waals surface area contributed by atoms with E-state index in [2.05, 4.69) is 4.98 Å². The minimum atomic E-state index is -0.799. The number of hydrogen-bond acceptors (Lipinski definition) is 7. The molecule has 3 aromatic rings. The quantitative estimate of drug-likeness (QED) is 0.424. The molecule has 0 aliphatic heterocycles. The molecule has 0 saturated carbocycles. The summed E-state index contributed by atoms with van der Waals surface area (Å²) >= 11 is 0. The van der Waals surface area contributed by atoms with E-state index in [9.17, 15) is 19.2 Å². The highest BCUT2D eigenvalue weighted by molar-refractivity contribution is 5.99. The highest BCUT2D eigenvalue weighted by atomic mass is 16.5. The van der Waals surface area contributed by atoms with Crippen LogP contribution in [0.15, 0.2) is 64.2 Å². The first kappa shape index (κ1) is 25.3. The van der Waals surface area contributed by atoms with Gasteiger partial charge in [0, 0.05) is 6.54 Å². The van der Waals surface area contributed by atoms with E-state index >= 15 is 0 Å². The van der Waals surface area contributed by atoms with Crippen molar-refractivity contribution in [3.8, 4) is 5.75 Å². The van der Waals surface area contributed by atoms with Gasteiger partial charge in [-0.15, -0.1) is 0 Å². The number of anilines is 2. The van der Waals surface area contributed by atoms with Crippen LogP contribution in [0.2, 0.25) is 0 Å². The summed E-state index contributed by atoms with van der Waals surface area (Å²) in [4.78, 5) is 54.2. The minimum Gasteiger partial charge on any atom is -0.493 e. The summed E-state index contributed by atoms with van der Waals surface area (Å²) in [6, 6.07) is 15.6. The van der Waals surface area contributed by atoms with Crippen molar-refractivity contribution >= 4 is 23.4 Å². The lowest BCUT2D eigenvalue weighted by Crippen LogP contribution is -2.43. The molecule has 10 heteroatoms. The number of para-hydroxylation sites is 1. The average molecular weight is 481 g/mol. The van der Waals surface area contributed by atoms with E-state index in [0.29, 0.717) is 18.8 Å². The Morgan fingerprint density at radius 3 is 2.40 bits per heavy atom. The SMILES string of the molecule is CCCN(C(=O)COC(=O)c1ccccc1OCC)c1c(N)n(Cc2ccccc2)c(=O)[nH]c1=O. The maximum atomic E-state index is 13.1. The number of carbonyl (C=O) groups is 2. The van der Waals surface area contributed by atoms with Crippen molar-refractivity contribution in [2.24, 2.45) is 0 Å². The predicted octanol–water partition coefficient (Wildman–Crippen LogP) is 2.17. The monoisotopic (exact) mass is 480 g/mol. The van der Waals surface area contributed by atoms with Gasteiger partial charge in [0.25, 0.3) is 11.5 Å². The summed E-state index contributed by atoms with van der Waals surface area (Å²) in [6.45, 7) is 3.56. The lowest BCUT2D eigenvalue weighted by molar-refractivity contribution is -0.121. The molecule has 3 N–H and O–H groups in total. The standard InChI is InChI=1S/C25H28N4O6/c1-3-14-28(20(30)16-35-24(32)18-12-8-9-13-19(18)34-4-2)21-22(26)29(25(33)27-23(21)31)15-17-10-6-5-7-11-17/h5-13H,3-4,14-16,26H2,1-2H3,(H,27,31,33). The van der Waals surface area contributed by atoms with Crippen LogP contribution in [0.5, 0.6) is 5.75 Å². The van der Waals surface area contributed by atoms with Gasteiger partial charge >= 0.3 is 11.7 Å². The van der Waals surface area contributed by atoms with E-state index in [4.69, 9.17) is 15.2 Å². The number of hydrogen-bond donors (Lipinski definition) is 2. The molecule has 184 valence electrons. The Hall–Kier alpha value is -4.34. The third-order valence-corrected chi connectivity index (χ3v) is 5.15. The van der Waals surface area contributed by atoms with Crippen LogP contribution in [0.1, 0.15) is 36.2 Å². The maximum absolute atomic E-state index is 13.1. The zero-order valence-corrected chi connectivity index (χ0v) is 19.7. The molecule has 0 aliphatic rings. The van der Waals surface area contributed by atoms with Gasteiger partial charge in [0.2, 0.25) is 0 Å². The molecule has 0 atom stereocenters. The predicted molar refractivity (Wildman–Crippen MR) is 132 cm³/mol. The number of nitrogens with zero attached hydrogens (tertiary/aromatic N) is 2. The number of esters is 1. The van der Waals surface area contributed by atoms with Crippen molar-refractivity contribution < 1.29 is 19.1 Å². The number of carbonyl (C=O) groups excluding carboxylic acids is 2. The lowest BCUT2D eigenvalue weighted by Gasteiger charge is -2.24. The maximum Gasteiger partial charge on any atom is 0.342 e. The number of aromatic nitrogens is 2. The van der Waals surface area contributed by atoms with Gasteiger partial charge in [-0.1, -0.05) is 49.4 Å². The van der Waals surface area contributed by atoms with Gasteiger partial charge in [-0.3, -0.25) is 19.1 Å². The summed E-state index contributed by atoms with van der Waals surface area (Å²) in [5.41, 5.74) is 5.53. The first-order valence-corrected chi connectivity index (χ1v) is 11.2. The van der Waals surface area contributed by atoms with Crippen LogP contribution in [0.3, 0.4) is 0 Å². The molecular weight excluding hydrogens is 452 g/mol. The molecule has 0 bridgehead atoms. The minimum absolute atomic E-state index is 0.104. The second-order valence-corrected chi connectivity index (χ2v) is 7.62. The lowest BCUT2D eigenvalue weighted by atomic mass is 10.2. The van der Waals surface area contributed by atoms with Crippen LogP contribution in [0.4, 0.5) is 11.5 Å². The van der Waals surface area contributed by atoms with E-state index in [1.54, 1.807) is 25.1 Å². The fraction of sp³-hybridized carbons (Fsp3) is 0.280. The van der Waals surface area contributed by atoms with Gasteiger partial charge in [0.05, 0.1) is 13.2 Å². The number of nitrogens with two attached hydrogens (primary N) is 1. The van der Waals surface area contributed by atoms with Crippen molar-refractivity contribution in [3.05, 3.63) is 86.6 Å². The highest BCUT2D eigenvalue weighted by Gasteiger charge is 2.25. The molecule has 0 saturated heterocycles. The van der Waals surface area contributed by atoms with E-state index in [0.717, 1.165) is 10.5 Å². The molecule has 3 rings (SSSR count). The van der Waals surface area contributed by atoms with Crippen molar-refractivity contribution in [2.45, 2.75) is 26.8 Å². The van der Waals surface area contributed by atoms with Crippen LogP contribution < -0.4 is 26.6 Å². The molecular formula is C25H28N4O6. The van der Waals surface area contributed by atoms with Crippen molar-refractivity contribution in [1.29, 1.82) is 0 Å². The van der Waals surface area contributed by atoms with E-state index < -0.39 is 29.7 Å². The number of ether oxygens (including phenoxy) is 2. The normalized spacial score (nSPS) is 10.6. The molecule has 1 aromatic heterocycles. The Morgan fingerprint density at radius 2 is 1.71 bits per heavy atom. The first-order chi connectivity index (χ1) is 16.9. The average Bonchev–Trinajstić information content (AvgIpc) is 2.85. The Bertz CT molecular complexity index is 1300. The van der Waals surface area contributed by atoms with Crippen molar-refractivity contribution in [2.75, 3.05) is 30.4 Å². The Kier molecular flexibility index (Phi) is 8.44. The smallest absolute Gasteiger partial charge is 0.342 e. The molecule has 0 fully saturated rings.